The Hall–Kier alpha value is -1.99. The van der Waals surface area contributed by atoms with Gasteiger partial charge in [0.15, 0.2) is 0 Å². The van der Waals surface area contributed by atoms with E-state index in [1.54, 1.807) is 12.4 Å². The fourth-order valence-electron chi connectivity index (χ4n) is 1.93. The van der Waals surface area contributed by atoms with Crippen molar-refractivity contribution in [3.63, 3.8) is 0 Å². The molecule has 4 nitrogen and oxygen atoms in total. The van der Waals surface area contributed by atoms with Crippen LogP contribution < -0.4 is 5.32 Å². The number of hydrogen-bond donors (Lipinski definition) is 2. The Morgan fingerprint density at radius 2 is 1.87 bits per heavy atom. The first-order valence-electron chi connectivity index (χ1n) is 6.93. The molecule has 0 spiro atoms. The number of pyridine rings is 1. The van der Waals surface area contributed by atoms with Gasteiger partial charge in [-0.25, -0.2) is 8.78 Å². The van der Waals surface area contributed by atoms with Crippen LogP contribution >= 0.6 is 11.8 Å². The van der Waals surface area contributed by atoms with Gasteiger partial charge in [0, 0.05) is 24.7 Å². The van der Waals surface area contributed by atoms with Gasteiger partial charge in [0.25, 0.3) is 0 Å². The fourth-order valence-corrected chi connectivity index (χ4v) is 2.75. The van der Waals surface area contributed by atoms with Crippen LogP contribution in [0.3, 0.4) is 0 Å². The molecule has 0 aliphatic rings. The van der Waals surface area contributed by atoms with Crippen molar-refractivity contribution in [1.82, 2.24) is 10.3 Å². The van der Waals surface area contributed by atoms with Crippen LogP contribution in [0.1, 0.15) is 17.2 Å². The smallest absolute Gasteiger partial charge is 0.230 e. The van der Waals surface area contributed by atoms with Crippen LogP contribution in [0.2, 0.25) is 0 Å². The molecular weight excluding hydrogens is 322 g/mol. The van der Waals surface area contributed by atoms with Gasteiger partial charge in [-0.15, -0.1) is 11.8 Å². The number of aromatic nitrogens is 1. The Bertz CT molecular complexity index is 636. The van der Waals surface area contributed by atoms with Crippen molar-refractivity contribution in [3.8, 4) is 0 Å². The number of amides is 1. The number of benzene rings is 1. The molecule has 0 saturated heterocycles. The third-order valence-electron chi connectivity index (χ3n) is 3.08. The highest BCUT2D eigenvalue weighted by Crippen LogP contribution is 2.20. The predicted octanol–water partition coefficient (Wildman–Crippen LogP) is 2.44. The number of nitrogens with one attached hydrogen (secondary N) is 1. The monoisotopic (exact) mass is 338 g/mol. The molecule has 1 aromatic heterocycles. The van der Waals surface area contributed by atoms with Gasteiger partial charge in [-0.2, -0.15) is 0 Å². The molecular formula is C16H16F2N2O2S. The highest BCUT2D eigenvalue weighted by atomic mass is 32.2. The van der Waals surface area contributed by atoms with E-state index in [0.717, 1.165) is 17.7 Å². The van der Waals surface area contributed by atoms with Crippen LogP contribution in [0.15, 0.2) is 42.7 Å². The van der Waals surface area contributed by atoms with E-state index in [-0.39, 0.29) is 18.2 Å². The third-order valence-corrected chi connectivity index (χ3v) is 4.08. The summed E-state index contributed by atoms with van der Waals surface area (Å²) in [6.07, 6.45) is 1.93. The highest BCUT2D eigenvalue weighted by molar-refractivity contribution is 7.99. The summed E-state index contributed by atoms with van der Waals surface area (Å²) in [5.74, 6) is -1.13. The first-order valence-corrected chi connectivity index (χ1v) is 8.08. The molecule has 7 heteroatoms. The number of rotatable bonds is 7. The van der Waals surface area contributed by atoms with Gasteiger partial charge < -0.3 is 10.4 Å². The minimum Gasteiger partial charge on any atom is -0.386 e. The summed E-state index contributed by atoms with van der Waals surface area (Å²) in [5, 5.41) is 12.3. The topological polar surface area (TPSA) is 62.2 Å². The number of nitrogens with zero attached hydrogens (tertiary/aromatic N) is 1. The van der Waals surface area contributed by atoms with E-state index in [1.165, 1.54) is 17.8 Å². The molecule has 23 heavy (non-hydrogen) atoms. The Morgan fingerprint density at radius 3 is 2.52 bits per heavy atom. The van der Waals surface area contributed by atoms with Gasteiger partial charge in [-0.1, -0.05) is 6.07 Å². The lowest BCUT2D eigenvalue weighted by Gasteiger charge is -2.13. The van der Waals surface area contributed by atoms with E-state index in [0.29, 0.717) is 5.75 Å². The Balaban J connectivity index is 1.76. The number of halogens is 2. The van der Waals surface area contributed by atoms with Crippen molar-refractivity contribution in [3.05, 3.63) is 65.5 Å². The second-order valence-electron chi connectivity index (χ2n) is 4.80. The molecule has 2 aromatic rings. The zero-order valence-electron chi connectivity index (χ0n) is 12.2. The average Bonchev–Trinajstić information content (AvgIpc) is 2.54. The maximum absolute atomic E-state index is 13.5. The third kappa shape index (κ3) is 5.30. The van der Waals surface area contributed by atoms with Gasteiger partial charge in [0.2, 0.25) is 5.91 Å². The molecule has 0 aliphatic carbocycles. The van der Waals surface area contributed by atoms with E-state index in [4.69, 9.17) is 0 Å². The summed E-state index contributed by atoms with van der Waals surface area (Å²) in [7, 11) is 0. The van der Waals surface area contributed by atoms with Crippen molar-refractivity contribution in [2.45, 2.75) is 11.9 Å². The number of carbonyl (C=O) groups excluding carboxylic acids is 1. The molecule has 0 saturated carbocycles. The molecule has 0 aliphatic heterocycles. The molecule has 122 valence electrons. The lowest BCUT2D eigenvalue weighted by molar-refractivity contribution is -0.119. The van der Waals surface area contributed by atoms with Crippen molar-refractivity contribution >= 4 is 17.7 Å². The predicted molar refractivity (Wildman–Crippen MR) is 84.7 cm³/mol. The molecule has 2 N–H and O–H groups in total. The second kappa shape index (κ2) is 8.59. The van der Waals surface area contributed by atoms with Crippen LogP contribution in [0.25, 0.3) is 0 Å². The van der Waals surface area contributed by atoms with Crippen molar-refractivity contribution in [2.75, 3.05) is 12.3 Å². The molecule has 1 atom stereocenters. The summed E-state index contributed by atoms with van der Waals surface area (Å²) in [5.41, 5.74) is 0.614. The standard InChI is InChI=1S/C16H16F2N2O2S/c17-12-2-1-3-13(18)16(12)14(21)8-20-15(22)10-23-9-11-4-6-19-7-5-11/h1-7,14,21H,8-10H2,(H,20,22)/t14-/m1/s1. The van der Waals surface area contributed by atoms with Crippen molar-refractivity contribution in [2.24, 2.45) is 0 Å². The Kier molecular flexibility index (Phi) is 6.49. The first-order chi connectivity index (χ1) is 11.1. The zero-order valence-corrected chi connectivity index (χ0v) is 13.0. The van der Waals surface area contributed by atoms with E-state index in [2.05, 4.69) is 10.3 Å². The summed E-state index contributed by atoms with van der Waals surface area (Å²) in [6.45, 7) is -0.244. The SMILES string of the molecule is O=C(CSCc1ccncc1)NC[C@@H](O)c1c(F)cccc1F. The number of aliphatic hydroxyl groups excluding tert-OH is 1. The average molecular weight is 338 g/mol. The normalized spacial score (nSPS) is 12.0. The second-order valence-corrected chi connectivity index (χ2v) is 5.79. The maximum Gasteiger partial charge on any atom is 0.230 e. The van der Waals surface area contributed by atoms with Crippen LogP contribution in [-0.2, 0) is 10.5 Å². The molecule has 1 amide bonds. The molecule has 1 aromatic carbocycles. The largest absolute Gasteiger partial charge is 0.386 e. The number of carbonyl (C=O) groups is 1. The van der Waals surface area contributed by atoms with Gasteiger partial charge in [-0.3, -0.25) is 9.78 Å². The summed E-state index contributed by atoms with van der Waals surface area (Å²) in [4.78, 5) is 15.6. The van der Waals surface area contributed by atoms with Crippen LogP contribution in [-0.4, -0.2) is 28.3 Å². The van der Waals surface area contributed by atoms with Gasteiger partial charge >= 0.3 is 0 Å². The van der Waals surface area contributed by atoms with E-state index >= 15 is 0 Å². The fraction of sp³-hybridized carbons (Fsp3) is 0.250. The minimum absolute atomic E-state index is 0.189. The summed E-state index contributed by atoms with van der Waals surface area (Å²) >= 11 is 1.40. The summed E-state index contributed by atoms with van der Waals surface area (Å²) in [6, 6.07) is 7.06. The van der Waals surface area contributed by atoms with Crippen LogP contribution in [0.5, 0.6) is 0 Å². The maximum atomic E-state index is 13.5. The molecule has 1 heterocycles. The summed E-state index contributed by atoms with van der Waals surface area (Å²) < 4.78 is 27.0. The molecule has 0 fully saturated rings. The number of hydrogen-bond acceptors (Lipinski definition) is 4. The van der Waals surface area contributed by atoms with Gasteiger partial charge in [-0.05, 0) is 29.8 Å². The highest BCUT2D eigenvalue weighted by Gasteiger charge is 2.18. The van der Waals surface area contributed by atoms with Gasteiger partial charge in [0.05, 0.1) is 11.3 Å². The van der Waals surface area contributed by atoms with Crippen LogP contribution in [0.4, 0.5) is 8.78 Å². The Morgan fingerprint density at radius 1 is 1.22 bits per heavy atom. The molecule has 2 rings (SSSR count). The lowest BCUT2D eigenvalue weighted by Crippen LogP contribution is -2.30. The number of thioether (sulfide) groups is 1. The van der Waals surface area contributed by atoms with E-state index in [1.807, 2.05) is 12.1 Å². The molecule has 0 bridgehead atoms. The van der Waals surface area contributed by atoms with E-state index in [9.17, 15) is 18.7 Å². The lowest BCUT2D eigenvalue weighted by atomic mass is 10.1. The van der Waals surface area contributed by atoms with Gasteiger partial charge in [0.1, 0.15) is 17.7 Å². The number of aliphatic hydroxyl groups is 1. The minimum atomic E-state index is -1.43. The van der Waals surface area contributed by atoms with E-state index < -0.39 is 23.3 Å². The van der Waals surface area contributed by atoms with Crippen LogP contribution in [0, 0.1) is 11.6 Å². The zero-order chi connectivity index (χ0) is 16.7. The molecule has 0 unspecified atom stereocenters. The first kappa shape index (κ1) is 17.4. The Labute approximate surface area is 136 Å². The molecule has 0 radical (unpaired) electrons. The van der Waals surface area contributed by atoms with Crippen molar-refractivity contribution in [1.29, 1.82) is 0 Å². The quantitative estimate of drug-likeness (QED) is 0.814. The van der Waals surface area contributed by atoms with Crippen molar-refractivity contribution < 1.29 is 18.7 Å².